The number of rotatable bonds is 2. The van der Waals surface area contributed by atoms with Crippen molar-refractivity contribution < 1.29 is 9.90 Å². The van der Waals surface area contributed by atoms with Crippen molar-refractivity contribution in [3.63, 3.8) is 0 Å². The second kappa shape index (κ2) is 5.87. The van der Waals surface area contributed by atoms with Gasteiger partial charge in [0.1, 0.15) is 0 Å². The lowest BCUT2D eigenvalue weighted by Gasteiger charge is -2.20. The molecule has 1 aliphatic heterocycles. The summed E-state index contributed by atoms with van der Waals surface area (Å²) in [6.45, 7) is 1.66. The van der Waals surface area contributed by atoms with Crippen molar-refractivity contribution >= 4 is 27.5 Å². The van der Waals surface area contributed by atoms with Crippen molar-refractivity contribution in [2.24, 2.45) is 0 Å². The van der Waals surface area contributed by atoms with Gasteiger partial charge in [0, 0.05) is 12.1 Å². The van der Waals surface area contributed by atoms with Crippen LogP contribution in [0.4, 0.5) is 5.69 Å². The van der Waals surface area contributed by atoms with E-state index in [1.54, 1.807) is 18.2 Å². The van der Waals surface area contributed by atoms with E-state index < -0.39 is 0 Å². The average Bonchev–Trinajstić information content (AvgIpc) is 2.51. The Kier molecular flexibility index (Phi) is 3.94. The molecule has 0 fully saturated rings. The number of anilines is 1. The molecule has 0 unspecified atom stereocenters. The highest BCUT2D eigenvalue weighted by Crippen LogP contribution is 2.32. The van der Waals surface area contributed by atoms with E-state index >= 15 is 0 Å². The number of halogens is 1. The molecule has 21 heavy (non-hydrogen) atoms. The van der Waals surface area contributed by atoms with Crippen molar-refractivity contribution in [2.75, 3.05) is 11.9 Å². The molecule has 1 aliphatic rings. The number of para-hydroxylation sites is 1. The summed E-state index contributed by atoms with van der Waals surface area (Å²) in [5, 5.41) is 16.0. The molecule has 0 bridgehead atoms. The van der Waals surface area contributed by atoms with Crippen molar-refractivity contribution in [1.82, 2.24) is 5.32 Å². The molecule has 3 rings (SSSR count). The Hall–Kier alpha value is -1.85. The Morgan fingerprint density at radius 3 is 2.90 bits per heavy atom. The third-order valence-corrected chi connectivity index (χ3v) is 4.26. The zero-order valence-corrected chi connectivity index (χ0v) is 12.9. The molecule has 0 spiro atoms. The summed E-state index contributed by atoms with van der Waals surface area (Å²) in [6.07, 6.45) is 0.837. The number of fused-ring (bicyclic) bond motifs is 1. The predicted octanol–water partition coefficient (Wildman–Crippen LogP) is 3.05. The van der Waals surface area contributed by atoms with E-state index in [4.69, 9.17) is 0 Å². The Morgan fingerprint density at radius 2 is 2.05 bits per heavy atom. The molecule has 3 N–H and O–H groups in total. The van der Waals surface area contributed by atoms with Gasteiger partial charge in [-0.3, -0.25) is 4.79 Å². The number of hydrogen-bond acceptors (Lipinski definition) is 3. The highest BCUT2D eigenvalue weighted by Gasteiger charge is 2.18. The second-order valence-electron chi connectivity index (χ2n) is 4.96. The van der Waals surface area contributed by atoms with Gasteiger partial charge in [0.25, 0.3) is 5.91 Å². The lowest BCUT2D eigenvalue weighted by Crippen LogP contribution is -2.26. The van der Waals surface area contributed by atoms with E-state index in [-0.39, 0.29) is 11.7 Å². The summed E-state index contributed by atoms with van der Waals surface area (Å²) >= 11 is 3.24. The molecule has 108 valence electrons. The molecule has 2 aromatic rings. The fourth-order valence-electron chi connectivity index (χ4n) is 2.55. The minimum atomic E-state index is -0.192. The summed E-state index contributed by atoms with van der Waals surface area (Å²) in [4.78, 5) is 12.5. The number of phenols is 1. The topological polar surface area (TPSA) is 61.4 Å². The van der Waals surface area contributed by atoms with Gasteiger partial charge in [-0.25, -0.2) is 0 Å². The van der Waals surface area contributed by atoms with Crippen LogP contribution in [0.2, 0.25) is 0 Å². The molecule has 5 heteroatoms. The highest BCUT2D eigenvalue weighted by molar-refractivity contribution is 9.10. The van der Waals surface area contributed by atoms with Crippen molar-refractivity contribution in [3.8, 4) is 5.75 Å². The van der Waals surface area contributed by atoms with E-state index in [1.165, 1.54) is 0 Å². The van der Waals surface area contributed by atoms with Gasteiger partial charge in [-0.05, 0) is 58.2 Å². The fraction of sp³-hybridized carbons (Fsp3) is 0.188. The van der Waals surface area contributed by atoms with Crippen molar-refractivity contribution in [3.05, 3.63) is 57.6 Å². The summed E-state index contributed by atoms with van der Waals surface area (Å²) < 4.78 is 0.555. The molecule has 0 radical (unpaired) electrons. The Morgan fingerprint density at radius 1 is 1.24 bits per heavy atom. The predicted molar refractivity (Wildman–Crippen MR) is 85.6 cm³/mol. The molecule has 0 saturated heterocycles. The first kappa shape index (κ1) is 14.1. The molecular weight excluding hydrogens is 332 g/mol. The van der Waals surface area contributed by atoms with Crippen LogP contribution in [0.25, 0.3) is 0 Å². The highest BCUT2D eigenvalue weighted by atomic mass is 79.9. The standard InChI is InChI=1S/C16H15BrN2O2/c17-13-5-2-6-14(15(13)20)19-16(21)12-4-1-3-10-9-18-8-7-11(10)12/h1-6,18,20H,7-9H2,(H,19,21). The molecule has 4 nitrogen and oxygen atoms in total. The quantitative estimate of drug-likeness (QED) is 0.732. The minimum absolute atomic E-state index is 0.0392. The van der Waals surface area contributed by atoms with Gasteiger partial charge in [-0.15, -0.1) is 0 Å². The van der Waals surface area contributed by atoms with E-state index in [0.29, 0.717) is 15.7 Å². The van der Waals surface area contributed by atoms with Crippen LogP contribution in [-0.2, 0) is 13.0 Å². The van der Waals surface area contributed by atoms with Crippen LogP contribution in [0.5, 0.6) is 5.75 Å². The first-order valence-electron chi connectivity index (χ1n) is 6.77. The summed E-state index contributed by atoms with van der Waals surface area (Å²) in [7, 11) is 0. The molecule has 2 aromatic carbocycles. The Bertz CT molecular complexity index is 701. The van der Waals surface area contributed by atoms with Crippen LogP contribution < -0.4 is 10.6 Å². The van der Waals surface area contributed by atoms with Crippen molar-refractivity contribution in [2.45, 2.75) is 13.0 Å². The second-order valence-corrected chi connectivity index (χ2v) is 5.81. The first-order chi connectivity index (χ1) is 10.2. The number of phenolic OH excluding ortho intramolecular Hbond substituents is 1. The zero-order chi connectivity index (χ0) is 14.8. The maximum atomic E-state index is 12.5. The van der Waals surface area contributed by atoms with E-state index in [9.17, 15) is 9.90 Å². The van der Waals surface area contributed by atoms with E-state index in [2.05, 4.69) is 26.6 Å². The van der Waals surface area contributed by atoms with Gasteiger partial charge in [-0.1, -0.05) is 18.2 Å². The number of nitrogens with one attached hydrogen (secondary N) is 2. The van der Waals surface area contributed by atoms with E-state index in [1.807, 2.05) is 18.2 Å². The lowest BCUT2D eigenvalue weighted by atomic mass is 9.95. The van der Waals surface area contributed by atoms with Gasteiger partial charge in [0.15, 0.2) is 5.75 Å². The maximum absolute atomic E-state index is 12.5. The molecule has 0 aliphatic carbocycles. The molecule has 0 saturated carbocycles. The van der Waals surface area contributed by atoms with Gasteiger partial charge in [0.05, 0.1) is 10.2 Å². The smallest absolute Gasteiger partial charge is 0.256 e. The number of amides is 1. The number of benzene rings is 2. The van der Waals surface area contributed by atoms with Crippen molar-refractivity contribution in [1.29, 1.82) is 0 Å². The van der Waals surface area contributed by atoms with Gasteiger partial charge in [0.2, 0.25) is 0 Å². The summed E-state index contributed by atoms with van der Waals surface area (Å²) in [5.41, 5.74) is 3.32. The largest absolute Gasteiger partial charge is 0.505 e. The minimum Gasteiger partial charge on any atom is -0.505 e. The number of aromatic hydroxyl groups is 1. The third-order valence-electron chi connectivity index (χ3n) is 3.62. The van der Waals surface area contributed by atoms with Gasteiger partial charge in [-0.2, -0.15) is 0 Å². The monoisotopic (exact) mass is 346 g/mol. The third kappa shape index (κ3) is 2.80. The SMILES string of the molecule is O=C(Nc1cccc(Br)c1O)c1cccc2c1CCNC2. The van der Waals surface area contributed by atoms with Crippen LogP contribution >= 0.6 is 15.9 Å². The summed E-state index contributed by atoms with van der Waals surface area (Å²) in [5.74, 6) is -0.153. The average molecular weight is 347 g/mol. The summed E-state index contributed by atoms with van der Waals surface area (Å²) in [6, 6.07) is 10.9. The van der Waals surface area contributed by atoms with Gasteiger partial charge < -0.3 is 15.7 Å². The fourth-order valence-corrected chi connectivity index (χ4v) is 2.92. The molecular formula is C16H15BrN2O2. The van der Waals surface area contributed by atoms with E-state index in [0.717, 1.165) is 30.6 Å². The molecule has 1 heterocycles. The number of hydrogen-bond donors (Lipinski definition) is 3. The maximum Gasteiger partial charge on any atom is 0.256 e. The first-order valence-corrected chi connectivity index (χ1v) is 7.56. The number of carbonyl (C=O) groups excluding carboxylic acids is 1. The van der Waals surface area contributed by atoms with Crippen LogP contribution in [0, 0.1) is 0 Å². The molecule has 0 aromatic heterocycles. The zero-order valence-electron chi connectivity index (χ0n) is 11.3. The number of carbonyl (C=O) groups is 1. The molecule has 1 amide bonds. The molecule has 0 atom stereocenters. The van der Waals surface area contributed by atoms with Crippen LogP contribution in [0.15, 0.2) is 40.9 Å². The normalized spacial score (nSPS) is 13.6. The Labute approximate surface area is 131 Å². The lowest BCUT2D eigenvalue weighted by molar-refractivity contribution is 0.102. The van der Waals surface area contributed by atoms with Crippen LogP contribution in [-0.4, -0.2) is 17.6 Å². The van der Waals surface area contributed by atoms with Gasteiger partial charge >= 0.3 is 0 Å². The van der Waals surface area contributed by atoms with Crippen LogP contribution in [0.1, 0.15) is 21.5 Å². The Balaban J connectivity index is 1.91. The van der Waals surface area contributed by atoms with Crippen LogP contribution in [0.3, 0.4) is 0 Å².